The Kier molecular flexibility index (Phi) is 6.42. The van der Waals surface area contributed by atoms with Crippen LogP contribution >= 0.6 is 0 Å². The van der Waals surface area contributed by atoms with Crippen molar-refractivity contribution in [3.8, 4) is 11.5 Å². The van der Waals surface area contributed by atoms with Gasteiger partial charge in [-0.3, -0.25) is 14.6 Å². The summed E-state index contributed by atoms with van der Waals surface area (Å²) in [7, 11) is 3.11. The molecule has 1 heterocycles. The number of ether oxygens (including phenoxy) is 2. The molecule has 148 valence electrons. The summed E-state index contributed by atoms with van der Waals surface area (Å²) in [6.07, 6.45) is 3.27. The van der Waals surface area contributed by atoms with E-state index in [0.717, 1.165) is 5.56 Å². The Morgan fingerprint density at radius 2 is 1.66 bits per heavy atom. The Balaban J connectivity index is 1.64. The quantitative estimate of drug-likeness (QED) is 0.643. The molecule has 0 saturated carbocycles. The number of hydrogen-bond acceptors (Lipinski definition) is 5. The summed E-state index contributed by atoms with van der Waals surface area (Å²) in [6.45, 7) is 0. The van der Waals surface area contributed by atoms with Crippen LogP contribution in [-0.4, -0.2) is 31.0 Å². The number of carbonyl (C=O) groups is 2. The maximum Gasteiger partial charge on any atom is 0.257 e. The van der Waals surface area contributed by atoms with Crippen molar-refractivity contribution in [3.05, 3.63) is 78.1 Å². The molecule has 0 aliphatic carbocycles. The van der Waals surface area contributed by atoms with Gasteiger partial charge < -0.3 is 20.1 Å². The van der Waals surface area contributed by atoms with Gasteiger partial charge in [0.25, 0.3) is 5.91 Å². The maximum atomic E-state index is 12.4. The Bertz CT molecular complexity index is 1010. The third-order valence-electron chi connectivity index (χ3n) is 4.14. The minimum Gasteiger partial charge on any atom is -0.493 e. The number of nitrogens with one attached hydrogen (secondary N) is 2. The van der Waals surface area contributed by atoms with Crippen molar-refractivity contribution in [1.29, 1.82) is 0 Å². The number of anilines is 2. The third kappa shape index (κ3) is 5.32. The predicted molar refractivity (Wildman–Crippen MR) is 111 cm³/mol. The van der Waals surface area contributed by atoms with Crippen LogP contribution in [0.3, 0.4) is 0 Å². The summed E-state index contributed by atoms with van der Waals surface area (Å²) < 4.78 is 10.5. The molecule has 1 aromatic heterocycles. The molecule has 2 N–H and O–H groups in total. The van der Waals surface area contributed by atoms with Gasteiger partial charge in [-0.2, -0.15) is 0 Å². The highest BCUT2D eigenvalue weighted by molar-refractivity contribution is 6.04. The number of nitrogens with zero attached hydrogens (tertiary/aromatic N) is 1. The average molecular weight is 391 g/mol. The van der Waals surface area contributed by atoms with Crippen molar-refractivity contribution in [2.24, 2.45) is 0 Å². The highest BCUT2D eigenvalue weighted by atomic mass is 16.5. The molecule has 7 heteroatoms. The normalized spacial score (nSPS) is 10.1. The van der Waals surface area contributed by atoms with Crippen molar-refractivity contribution in [2.75, 3.05) is 24.9 Å². The van der Waals surface area contributed by atoms with Crippen molar-refractivity contribution >= 4 is 23.2 Å². The van der Waals surface area contributed by atoms with Gasteiger partial charge in [0.05, 0.1) is 26.2 Å². The molecule has 0 spiro atoms. The van der Waals surface area contributed by atoms with Gasteiger partial charge in [0, 0.05) is 23.8 Å². The van der Waals surface area contributed by atoms with E-state index in [1.165, 1.54) is 6.20 Å². The summed E-state index contributed by atoms with van der Waals surface area (Å²) in [5.74, 6) is 0.714. The Morgan fingerprint density at radius 1 is 0.897 bits per heavy atom. The molecular weight excluding hydrogens is 370 g/mol. The number of pyridine rings is 1. The molecule has 3 rings (SSSR count). The van der Waals surface area contributed by atoms with Gasteiger partial charge >= 0.3 is 0 Å². The molecule has 7 nitrogen and oxygen atoms in total. The Hall–Kier alpha value is -3.87. The first kappa shape index (κ1) is 19.9. The van der Waals surface area contributed by atoms with E-state index in [2.05, 4.69) is 15.6 Å². The fourth-order valence-electron chi connectivity index (χ4n) is 2.76. The number of benzene rings is 2. The van der Waals surface area contributed by atoms with Gasteiger partial charge in [-0.15, -0.1) is 0 Å². The van der Waals surface area contributed by atoms with Crippen LogP contribution in [0.2, 0.25) is 0 Å². The molecule has 0 aliphatic heterocycles. The summed E-state index contributed by atoms with van der Waals surface area (Å²) in [5.41, 5.74) is 2.40. The molecule has 0 fully saturated rings. The minimum absolute atomic E-state index is 0.173. The van der Waals surface area contributed by atoms with Crippen LogP contribution < -0.4 is 20.1 Å². The highest BCUT2D eigenvalue weighted by Gasteiger charge is 2.10. The lowest BCUT2D eigenvalue weighted by Crippen LogP contribution is -2.15. The van der Waals surface area contributed by atoms with Crippen molar-refractivity contribution < 1.29 is 19.1 Å². The molecule has 0 atom stereocenters. The third-order valence-corrected chi connectivity index (χ3v) is 4.14. The largest absolute Gasteiger partial charge is 0.493 e. The molecule has 0 bridgehead atoms. The smallest absolute Gasteiger partial charge is 0.257 e. The van der Waals surface area contributed by atoms with Gasteiger partial charge in [-0.25, -0.2) is 0 Å². The van der Waals surface area contributed by atoms with E-state index in [1.54, 1.807) is 68.9 Å². The first-order chi connectivity index (χ1) is 14.1. The van der Waals surface area contributed by atoms with E-state index >= 15 is 0 Å². The van der Waals surface area contributed by atoms with E-state index in [-0.39, 0.29) is 18.2 Å². The summed E-state index contributed by atoms with van der Waals surface area (Å²) in [5, 5.41) is 5.62. The second-order valence-corrected chi connectivity index (χ2v) is 6.19. The Morgan fingerprint density at radius 3 is 2.34 bits per heavy atom. The van der Waals surface area contributed by atoms with Crippen LogP contribution in [0, 0.1) is 0 Å². The number of hydrogen-bond donors (Lipinski definition) is 2. The summed E-state index contributed by atoms with van der Waals surface area (Å²) in [6, 6.07) is 15.7. The van der Waals surface area contributed by atoms with Gasteiger partial charge in [-0.1, -0.05) is 12.1 Å². The molecule has 2 aromatic carbocycles. The maximum absolute atomic E-state index is 12.4. The molecule has 2 amide bonds. The van der Waals surface area contributed by atoms with Crippen LogP contribution in [0.25, 0.3) is 0 Å². The molecule has 0 saturated heterocycles. The zero-order valence-corrected chi connectivity index (χ0v) is 16.1. The fraction of sp³-hybridized carbons (Fsp3) is 0.136. The lowest BCUT2D eigenvalue weighted by Gasteiger charge is -2.11. The van der Waals surface area contributed by atoms with Crippen molar-refractivity contribution in [1.82, 2.24) is 4.98 Å². The van der Waals surface area contributed by atoms with E-state index in [4.69, 9.17) is 9.47 Å². The molecule has 0 radical (unpaired) electrons. The van der Waals surface area contributed by atoms with Gasteiger partial charge in [0.2, 0.25) is 5.91 Å². The monoisotopic (exact) mass is 391 g/mol. The lowest BCUT2D eigenvalue weighted by molar-refractivity contribution is -0.115. The van der Waals surface area contributed by atoms with E-state index < -0.39 is 0 Å². The Labute approximate surface area is 168 Å². The van der Waals surface area contributed by atoms with E-state index in [9.17, 15) is 9.59 Å². The van der Waals surface area contributed by atoms with E-state index in [0.29, 0.717) is 28.4 Å². The molecule has 0 unspecified atom stereocenters. The standard InChI is InChI=1S/C22H21N3O4/c1-28-19-9-8-15(11-20(19)29-2)12-21(26)24-17-6-3-7-18(13-17)25-22(27)16-5-4-10-23-14-16/h3-11,13-14H,12H2,1-2H3,(H,24,26)(H,25,27). The van der Waals surface area contributed by atoms with Crippen molar-refractivity contribution in [3.63, 3.8) is 0 Å². The number of rotatable bonds is 7. The summed E-state index contributed by atoms with van der Waals surface area (Å²) >= 11 is 0. The van der Waals surface area contributed by atoms with Crippen LogP contribution in [-0.2, 0) is 11.2 Å². The first-order valence-corrected chi connectivity index (χ1v) is 8.91. The van der Waals surface area contributed by atoms with E-state index in [1.807, 2.05) is 6.07 Å². The molecular formula is C22H21N3O4. The van der Waals surface area contributed by atoms with Crippen LogP contribution in [0.4, 0.5) is 11.4 Å². The second-order valence-electron chi connectivity index (χ2n) is 6.19. The SMILES string of the molecule is COc1ccc(CC(=O)Nc2cccc(NC(=O)c3cccnc3)c2)cc1OC. The zero-order chi connectivity index (χ0) is 20.6. The van der Waals surface area contributed by atoms with Crippen LogP contribution in [0.15, 0.2) is 67.0 Å². The van der Waals surface area contributed by atoms with Gasteiger partial charge in [-0.05, 0) is 48.0 Å². The first-order valence-electron chi connectivity index (χ1n) is 8.91. The zero-order valence-electron chi connectivity index (χ0n) is 16.1. The topological polar surface area (TPSA) is 89.6 Å². The van der Waals surface area contributed by atoms with Crippen LogP contribution in [0.5, 0.6) is 11.5 Å². The number of aromatic nitrogens is 1. The number of carbonyl (C=O) groups excluding carboxylic acids is 2. The van der Waals surface area contributed by atoms with Gasteiger partial charge in [0.1, 0.15) is 0 Å². The number of methoxy groups -OCH3 is 2. The molecule has 3 aromatic rings. The lowest BCUT2D eigenvalue weighted by atomic mass is 10.1. The summed E-state index contributed by atoms with van der Waals surface area (Å²) in [4.78, 5) is 28.6. The molecule has 0 aliphatic rings. The van der Waals surface area contributed by atoms with Crippen molar-refractivity contribution in [2.45, 2.75) is 6.42 Å². The second kappa shape index (κ2) is 9.36. The predicted octanol–water partition coefficient (Wildman–Crippen LogP) is 3.53. The minimum atomic E-state index is -0.271. The fourth-order valence-corrected chi connectivity index (χ4v) is 2.76. The average Bonchev–Trinajstić information content (AvgIpc) is 2.74. The highest BCUT2D eigenvalue weighted by Crippen LogP contribution is 2.27. The number of amides is 2. The van der Waals surface area contributed by atoms with Gasteiger partial charge in [0.15, 0.2) is 11.5 Å². The van der Waals surface area contributed by atoms with Crippen LogP contribution in [0.1, 0.15) is 15.9 Å². The molecule has 29 heavy (non-hydrogen) atoms.